The van der Waals surface area contributed by atoms with Crippen LogP contribution in [0.2, 0.25) is 0 Å². The molecule has 0 atom stereocenters. The third kappa shape index (κ3) is 3.53. The Labute approximate surface area is 163 Å². The van der Waals surface area contributed by atoms with Gasteiger partial charge in [-0.25, -0.2) is 8.42 Å². The number of aryl methyl sites for hydroxylation is 1. The fraction of sp³-hybridized carbons (Fsp3) is 0.300. The van der Waals surface area contributed by atoms with Crippen molar-refractivity contribution in [2.24, 2.45) is 0 Å². The number of amides is 1. The minimum absolute atomic E-state index is 0.0601. The lowest BCUT2D eigenvalue weighted by Gasteiger charge is -2.31. The minimum Gasteiger partial charge on any atom is -0.349 e. The van der Waals surface area contributed by atoms with Crippen molar-refractivity contribution in [3.63, 3.8) is 0 Å². The summed E-state index contributed by atoms with van der Waals surface area (Å²) in [5, 5.41) is 10.8. The van der Waals surface area contributed by atoms with E-state index in [2.05, 4.69) is 15.5 Å². The molecule has 0 aliphatic carbocycles. The Morgan fingerprint density at radius 1 is 1.14 bits per heavy atom. The van der Waals surface area contributed by atoms with Gasteiger partial charge in [0, 0.05) is 24.5 Å². The molecule has 28 heavy (non-hydrogen) atoms. The van der Waals surface area contributed by atoms with Crippen molar-refractivity contribution in [1.82, 2.24) is 19.8 Å². The quantitative estimate of drug-likeness (QED) is 0.706. The van der Waals surface area contributed by atoms with Gasteiger partial charge in [-0.2, -0.15) is 9.40 Å². The molecule has 0 unspecified atom stereocenters. The van der Waals surface area contributed by atoms with E-state index in [0.29, 0.717) is 41.9 Å². The molecule has 4 rings (SSSR count). The van der Waals surface area contributed by atoms with Crippen molar-refractivity contribution in [1.29, 1.82) is 0 Å². The summed E-state index contributed by atoms with van der Waals surface area (Å²) in [5.41, 5.74) is 2.27. The minimum atomic E-state index is -3.50. The van der Waals surface area contributed by atoms with Gasteiger partial charge in [0.1, 0.15) is 0 Å². The zero-order chi connectivity index (χ0) is 19.7. The van der Waals surface area contributed by atoms with Crippen LogP contribution in [0.3, 0.4) is 0 Å². The number of para-hydroxylation sites is 1. The van der Waals surface area contributed by atoms with Gasteiger partial charge in [0.2, 0.25) is 10.0 Å². The highest BCUT2D eigenvalue weighted by Crippen LogP contribution is 2.22. The number of nitrogens with one attached hydrogen (secondary N) is 2. The SMILES string of the molecule is Cc1ccc(S(=O)(=O)N2CCC(NC(=O)c3cccc4cn[nH]c34)CC2)cc1. The molecule has 0 spiro atoms. The number of nitrogens with zero attached hydrogens (tertiary/aromatic N) is 2. The van der Waals surface area contributed by atoms with E-state index in [-0.39, 0.29) is 11.9 Å². The second kappa shape index (κ2) is 7.37. The maximum absolute atomic E-state index is 12.8. The lowest BCUT2D eigenvalue weighted by atomic mass is 10.1. The van der Waals surface area contributed by atoms with Gasteiger partial charge in [0.05, 0.1) is 22.2 Å². The number of rotatable bonds is 4. The molecule has 1 aliphatic heterocycles. The number of aromatic amines is 1. The molecule has 3 aromatic rings. The molecule has 7 nitrogen and oxygen atoms in total. The average Bonchev–Trinajstić information content (AvgIpc) is 3.17. The van der Waals surface area contributed by atoms with Gasteiger partial charge in [-0.15, -0.1) is 0 Å². The third-order valence-corrected chi connectivity index (χ3v) is 7.08. The molecule has 2 N–H and O–H groups in total. The maximum Gasteiger partial charge on any atom is 0.253 e. The molecule has 1 saturated heterocycles. The fourth-order valence-electron chi connectivity index (χ4n) is 3.52. The number of benzene rings is 2. The molecule has 8 heteroatoms. The predicted molar refractivity (Wildman–Crippen MR) is 107 cm³/mol. The normalized spacial score (nSPS) is 16.3. The zero-order valence-electron chi connectivity index (χ0n) is 15.6. The fourth-order valence-corrected chi connectivity index (χ4v) is 4.99. The van der Waals surface area contributed by atoms with E-state index in [9.17, 15) is 13.2 Å². The highest BCUT2D eigenvalue weighted by molar-refractivity contribution is 7.89. The topological polar surface area (TPSA) is 95.2 Å². The zero-order valence-corrected chi connectivity index (χ0v) is 16.4. The van der Waals surface area contributed by atoms with Crippen LogP contribution < -0.4 is 5.32 Å². The van der Waals surface area contributed by atoms with Crippen molar-refractivity contribution < 1.29 is 13.2 Å². The van der Waals surface area contributed by atoms with Crippen molar-refractivity contribution in [2.45, 2.75) is 30.7 Å². The molecule has 0 radical (unpaired) electrons. The Bertz CT molecular complexity index is 1100. The standard InChI is InChI=1S/C20H22N4O3S/c1-14-5-7-17(8-6-14)28(26,27)24-11-9-16(10-12-24)22-20(25)18-4-2-3-15-13-21-23-19(15)18/h2-8,13,16H,9-12H2,1H3,(H,21,23)(H,22,25). The molecule has 146 valence electrons. The molecule has 2 heterocycles. The largest absolute Gasteiger partial charge is 0.349 e. The second-order valence-electron chi connectivity index (χ2n) is 7.10. The molecule has 1 aliphatic rings. The third-order valence-electron chi connectivity index (χ3n) is 5.17. The summed E-state index contributed by atoms with van der Waals surface area (Å²) in [6.45, 7) is 2.69. The van der Waals surface area contributed by atoms with E-state index in [1.807, 2.05) is 19.1 Å². The summed E-state index contributed by atoms with van der Waals surface area (Å²) < 4.78 is 27.1. The van der Waals surface area contributed by atoms with Crippen LogP contribution in [0.15, 0.2) is 53.6 Å². The summed E-state index contributed by atoms with van der Waals surface area (Å²) >= 11 is 0. The molecular weight excluding hydrogens is 376 g/mol. The number of carbonyl (C=O) groups is 1. The second-order valence-corrected chi connectivity index (χ2v) is 9.04. The van der Waals surface area contributed by atoms with E-state index >= 15 is 0 Å². The van der Waals surface area contributed by atoms with Crippen LogP contribution in [0.4, 0.5) is 0 Å². The Morgan fingerprint density at radius 3 is 2.57 bits per heavy atom. The first kappa shape index (κ1) is 18.6. The van der Waals surface area contributed by atoms with Crippen LogP contribution in [0, 0.1) is 6.92 Å². The smallest absolute Gasteiger partial charge is 0.253 e. The highest BCUT2D eigenvalue weighted by Gasteiger charge is 2.30. The average molecular weight is 398 g/mol. The van der Waals surface area contributed by atoms with E-state index < -0.39 is 10.0 Å². The van der Waals surface area contributed by atoms with Crippen LogP contribution in [-0.4, -0.2) is 48.0 Å². The molecule has 2 aromatic carbocycles. The molecule has 0 bridgehead atoms. The van der Waals surface area contributed by atoms with Crippen LogP contribution in [0.5, 0.6) is 0 Å². The lowest BCUT2D eigenvalue weighted by Crippen LogP contribution is -2.46. The molecule has 1 aromatic heterocycles. The van der Waals surface area contributed by atoms with Crippen molar-refractivity contribution in [3.8, 4) is 0 Å². The first-order chi connectivity index (χ1) is 13.4. The van der Waals surface area contributed by atoms with Gasteiger partial charge in [-0.05, 0) is 38.0 Å². The molecular formula is C20H22N4O3S. The number of H-pyrrole nitrogens is 1. The van der Waals surface area contributed by atoms with E-state index in [4.69, 9.17) is 0 Å². The summed E-state index contributed by atoms with van der Waals surface area (Å²) in [5.74, 6) is -0.172. The van der Waals surface area contributed by atoms with Crippen molar-refractivity contribution in [2.75, 3.05) is 13.1 Å². The maximum atomic E-state index is 12.8. The van der Waals surface area contributed by atoms with E-state index in [1.165, 1.54) is 4.31 Å². The summed E-state index contributed by atoms with van der Waals surface area (Å²) in [6.07, 6.45) is 2.84. The van der Waals surface area contributed by atoms with Gasteiger partial charge < -0.3 is 5.32 Å². The van der Waals surface area contributed by atoms with Crippen LogP contribution in [0.25, 0.3) is 10.9 Å². The monoisotopic (exact) mass is 398 g/mol. The van der Waals surface area contributed by atoms with Gasteiger partial charge in [-0.3, -0.25) is 9.89 Å². The molecule has 0 saturated carbocycles. The number of hydrogen-bond donors (Lipinski definition) is 2. The highest BCUT2D eigenvalue weighted by atomic mass is 32.2. The molecule has 1 amide bonds. The van der Waals surface area contributed by atoms with E-state index in [1.54, 1.807) is 36.5 Å². The number of hydrogen-bond acceptors (Lipinski definition) is 4. The summed E-state index contributed by atoms with van der Waals surface area (Å²) in [4.78, 5) is 13.0. The first-order valence-electron chi connectivity index (χ1n) is 9.25. The first-order valence-corrected chi connectivity index (χ1v) is 10.7. The van der Waals surface area contributed by atoms with Gasteiger partial charge in [0.15, 0.2) is 0 Å². The number of fused-ring (bicyclic) bond motifs is 1. The predicted octanol–water partition coefficient (Wildman–Crippen LogP) is 2.45. The van der Waals surface area contributed by atoms with Crippen LogP contribution in [-0.2, 0) is 10.0 Å². The van der Waals surface area contributed by atoms with Crippen molar-refractivity contribution >= 4 is 26.8 Å². The van der Waals surface area contributed by atoms with Crippen molar-refractivity contribution in [3.05, 3.63) is 59.8 Å². The Hall–Kier alpha value is -2.71. The number of carbonyl (C=O) groups excluding carboxylic acids is 1. The lowest BCUT2D eigenvalue weighted by molar-refractivity contribution is 0.0925. The Kier molecular flexibility index (Phi) is 4.91. The summed E-state index contributed by atoms with van der Waals surface area (Å²) in [7, 11) is -3.50. The van der Waals surface area contributed by atoms with Gasteiger partial charge in [-0.1, -0.05) is 29.8 Å². The molecule has 1 fully saturated rings. The number of aromatic nitrogens is 2. The number of sulfonamides is 1. The Balaban J connectivity index is 1.41. The summed E-state index contributed by atoms with van der Waals surface area (Å²) in [6, 6.07) is 12.3. The number of piperidine rings is 1. The van der Waals surface area contributed by atoms with Gasteiger partial charge in [0.25, 0.3) is 5.91 Å². The van der Waals surface area contributed by atoms with Gasteiger partial charge >= 0.3 is 0 Å². The van der Waals surface area contributed by atoms with Crippen LogP contribution in [0.1, 0.15) is 28.8 Å². The Morgan fingerprint density at radius 2 is 1.86 bits per heavy atom. The van der Waals surface area contributed by atoms with Crippen LogP contribution >= 0.6 is 0 Å². The van der Waals surface area contributed by atoms with E-state index in [0.717, 1.165) is 10.9 Å².